The molecule has 0 aliphatic rings. The standard InChI is InChI=1S/C7H15BrO/c1-2-3-4-5-6-7(8)9/h7,9H,2-6H2,1H3. The molecule has 0 radical (unpaired) electrons. The predicted octanol–water partition coefficient (Wildman–Crippen LogP) is 2.67. The van der Waals surface area contributed by atoms with E-state index in [1.165, 1.54) is 19.3 Å². The van der Waals surface area contributed by atoms with Crippen LogP contribution in [0.1, 0.15) is 39.0 Å². The SMILES string of the molecule is CCCCCCC(O)Br. The third-order valence-electron chi connectivity index (χ3n) is 1.30. The molecule has 2 heteroatoms. The van der Waals surface area contributed by atoms with Crippen LogP contribution in [0.25, 0.3) is 0 Å². The molecule has 0 rings (SSSR count). The van der Waals surface area contributed by atoms with Gasteiger partial charge in [0.25, 0.3) is 0 Å². The lowest BCUT2D eigenvalue weighted by Crippen LogP contribution is -1.93. The second kappa shape index (κ2) is 6.56. The average Bonchev–Trinajstić information content (AvgIpc) is 1.80. The Morgan fingerprint density at radius 1 is 1.33 bits per heavy atom. The van der Waals surface area contributed by atoms with E-state index < -0.39 is 0 Å². The van der Waals surface area contributed by atoms with Crippen molar-refractivity contribution in [3.05, 3.63) is 0 Å². The van der Waals surface area contributed by atoms with Crippen molar-refractivity contribution in [1.82, 2.24) is 0 Å². The third-order valence-corrected chi connectivity index (χ3v) is 1.75. The largest absolute Gasteiger partial charge is 0.382 e. The predicted molar refractivity (Wildman–Crippen MR) is 43.7 cm³/mol. The van der Waals surface area contributed by atoms with Gasteiger partial charge in [-0.15, -0.1) is 0 Å². The first kappa shape index (κ1) is 9.44. The molecule has 0 spiro atoms. The van der Waals surface area contributed by atoms with Crippen LogP contribution in [0.5, 0.6) is 0 Å². The van der Waals surface area contributed by atoms with E-state index in [9.17, 15) is 0 Å². The maximum absolute atomic E-state index is 8.77. The zero-order valence-corrected chi connectivity index (χ0v) is 7.52. The Hall–Kier alpha value is 0.440. The summed E-state index contributed by atoms with van der Waals surface area (Å²) >= 11 is 3.08. The monoisotopic (exact) mass is 194 g/mol. The van der Waals surface area contributed by atoms with E-state index in [0.29, 0.717) is 0 Å². The van der Waals surface area contributed by atoms with Crippen molar-refractivity contribution in [2.24, 2.45) is 0 Å². The third kappa shape index (κ3) is 8.44. The highest BCUT2D eigenvalue weighted by molar-refractivity contribution is 9.09. The Morgan fingerprint density at radius 3 is 2.44 bits per heavy atom. The second-order valence-corrected chi connectivity index (χ2v) is 3.34. The normalized spacial score (nSPS) is 13.7. The molecule has 0 aliphatic heterocycles. The fourth-order valence-electron chi connectivity index (χ4n) is 0.740. The van der Waals surface area contributed by atoms with Gasteiger partial charge in [-0.3, -0.25) is 0 Å². The van der Waals surface area contributed by atoms with Crippen LogP contribution in [0.15, 0.2) is 0 Å². The van der Waals surface area contributed by atoms with Crippen LogP contribution >= 0.6 is 15.9 Å². The average molecular weight is 195 g/mol. The van der Waals surface area contributed by atoms with Gasteiger partial charge in [0.2, 0.25) is 0 Å². The molecule has 56 valence electrons. The summed E-state index contributed by atoms with van der Waals surface area (Å²) < 4.78 is 0. The Labute approximate surface area is 65.6 Å². The van der Waals surface area contributed by atoms with Gasteiger partial charge in [0.15, 0.2) is 0 Å². The Kier molecular flexibility index (Phi) is 6.88. The zero-order chi connectivity index (χ0) is 7.11. The van der Waals surface area contributed by atoms with E-state index in [4.69, 9.17) is 5.11 Å². The van der Waals surface area contributed by atoms with Crippen LogP contribution in [-0.4, -0.2) is 10.1 Å². The summed E-state index contributed by atoms with van der Waals surface area (Å²) in [5.74, 6) is 0. The highest BCUT2D eigenvalue weighted by Crippen LogP contribution is 2.08. The molecule has 0 aromatic heterocycles. The minimum absolute atomic E-state index is 0.283. The molecule has 1 nitrogen and oxygen atoms in total. The van der Waals surface area contributed by atoms with Crippen LogP contribution in [-0.2, 0) is 0 Å². The van der Waals surface area contributed by atoms with Crippen molar-refractivity contribution in [3.63, 3.8) is 0 Å². The van der Waals surface area contributed by atoms with Gasteiger partial charge in [0.05, 0.1) is 0 Å². The molecule has 0 aromatic carbocycles. The lowest BCUT2D eigenvalue weighted by Gasteiger charge is -1.99. The van der Waals surface area contributed by atoms with Gasteiger partial charge in [-0.1, -0.05) is 42.1 Å². The van der Waals surface area contributed by atoms with Crippen LogP contribution in [0.2, 0.25) is 0 Å². The van der Waals surface area contributed by atoms with Gasteiger partial charge in [0, 0.05) is 0 Å². The molecule has 0 aliphatic carbocycles. The van der Waals surface area contributed by atoms with Crippen LogP contribution in [0, 0.1) is 0 Å². The van der Waals surface area contributed by atoms with E-state index in [-0.39, 0.29) is 5.01 Å². The minimum atomic E-state index is -0.283. The van der Waals surface area contributed by atoms with Crippen molar-refractivity contribution < 1.29 is 5.11 Å². The summed E-state index contributed by atoms with van der Waals surface area (Å²) in [5, 5.41) is 8.49. The topological polar surface area (TPSA) is 20.2 Å². The fraction of sp³-hybridized carbons (Fsp3) is 1.00. The molecule has 0 saturated carbocycles. The molecule has 0 heterocycles. The molecule has 1 N–H and O–H groups in total. The summed E-state index contributed by atoms with van der Waals surface area (Å²) in [6.07, 6.45) is 5.83. The number of rotatable bonds is 5. The molecule has 1 unspecified atom stereocenters. The van der Waals surface area contributed by atoms with Crippen LogP contribution < -0.4 is 0 Å². The van der Waals surface area contributed by atoms with E-state index in [1.807, 2.05) is 0 Å². The Balaban J connectivity index is 2.75. The van der Waals surface area contributed by atoms with E-state index in [1.54, 1.807) is 0 Å². The number of aliphatic hydroxyl groups is 1. The van der Waals surface area contributed by atoms with Gasteiger partial charge in [-0.05, 0) is 12.8 Å². The molecule has 1 atom stereocenters. The van der Waals surface area contributed by atoms with Crippen molar-refractivity contribution in [2.75, 3.05) is 0 Å². The molecular weight excluding hydrogens is 180 g/mol. The molecule has 0 amide bonds. The molecule has 0 saturated heterocycles. The summed E-state index contributed by atoms with van der Waals surface area (Å²) in [4.78, 5) is 0. The molecule has 0 fully saturated rings. The number of alkyl halides is 1. The second-order valence-electron chi connectivity index (χ2n) is 2.28. The summed E-state index contributed by atoms with van der Waals surface area (Å²) in [6.45, 7) is 2.19. The van der Waals surface area contributed by atoms with Gasteiger partial charge >= 0.3 is 0 Å². The Bertz CT molecular complexity index is 54.9. The van der Waals surface area contributed by atoms with Crippen molar-refractivity contribution in [1.29, 1.82) is 0 Å². The van der Waals surface area contributed by atoms with Gasteiger partial charge in [-0.25, -0.2) is 0 Å². The maximum atomic E-state index is 8.77. The molecule has 0 bridgehead atoms. The molecule has 0 aromatic rings. The number of halogens is 1. The van der Waals surface area contributed by atoms with Crippen LogP contribution in [0.4, 0.5) is 0 Å². The number of hydrogen-bond acceptors (Lipinski definition) is 1. The van der Waals surface area contributed by atoms with Gasteiger partial charge < -0.3 is 5.11 Å². The summed E-state index contributed by atoms with van der Waals surface area (Å²) in [5.41, 5.74) is 0. The van der Waals surface area contributed by atoms with Crippen LogP contribution in [0.3, 0.4) is 0 Å². The van der Waals surface area contributed by atoms with E-state index >= 15 is 0 Å². The Morgan fingerprint density at radius 2 is 2.00 bits per heavy atom. The molecule has 9 heavy (non-hydrogen) atoms. The fourth-order valence-corrected chi connectivity index (χ4v) is 1.06. The first-order valence-electron chi connectivity index (χ1n) is 3.59. The number of unbranched alkanes of at least 4 members (excludes halogenated alkanes) is 3. The number of hydrogen-bond donors (Lipinski definition) is 1. The highest BCUT2D eigenvalue weighted by Gasteiger charge is 1.94. The van der Waals surface area contributed by atoms with E-state index in [2.05, 4.69) is 22.9 Å². The summed E-state index contributed by atoms with van der Waals surface area (Å²) in [6, 6.07) is 0. The zero-order valence-electron chi connectivity index (χ0n) is 5.94. The van der Waals surface area contributed by atoms with Crippen molar-refractivity contribution >= 4 is 15.9 Å². The van der Waals surface area contributed by atoms with E-state index in [0.717, 1.165) is 12.8 Å². The lowest BCUT2D eigenvalue weighted by molar-refractivity contribution is 0.254. The minimum Gasteiger partial charge on any atom is -0.382 e. The highest BCUT2D eigenvalue weighted by atomic mass is 79.9. The molecular formula is C7H15BrO. The lowest BCUT2D eigenvalue weighted by atomic mass is 10.2. The quantitative estimate of drug-likeness (QED) is 0.528. The maximum Gasteiger partial charge on any atom is 0.109 e. The first-order valence-corrected chi connectivity index (χ1v) is 4.51. The smallest absolute Gasteiger partial charge is 0.109 e. The number of aliphatic hydroxyl groups excluding tert-OH is 1. The van der Waals surface area contributed by atoms with Crippen molar-refractivity contribution in [2.45, 2.75) is 44.0 Å². The van der Waals surface area contributed by atoms with Crippen molar-refractivity contribution in [3.8, 4) is 0 Å². The first-order chi connectivity index (χ1) is 4.27. The van der Waals surface area contributed by atoms with Gasteiger partial charge in [0.1, 0.15) is 5.01 Å². The van der Waals surface area contributed by atoms with Gasteiger partial charge in [-0.2, -0.15) is 0 Å². The summed E-state index contributed by atoms with van der Waals surface area (Å²) in [7, 11) is 0.